The molecule has 7 fully saturated rings. The van der Waals surface area contributed by atoms with E-state index in [4.69, 9.17) is 29.1 Å². The van der Waals surface area contributed by atoms with Crippen molar-refractivity contribution < 1.29 is 63.9 Å². The van der Waals surface area contributed by atoms with Gasteiger partial charge < -0.3 is 80.8 Å². The topological polar surface area (TPSA) is 283 Å². The molecule has 5 bridgehead atoms. The summed E-state index contributed by atoms with van der Waals surface area (Å²) in [5.74, 6) is -1.29. The fourth-order valence-corrected chi connectivity index (χ4v) is 22.6. The number of nitrogens with one attached hydrogen (secondary N) is 3. The molecule has 2 aromatic rings. The molecular formula is C61H93N5O13S2. The zero-order valence-electron chi connectivity index (χ0n) is 48.1. The van der Waals surface area contributed by atoms with Crippen LogP contribution in [-0.2, 0) is 20.7 Å². The highest BCUT2D eigenvalue weighted by atomic mass is 33.1. The number of rotatable bonds is 9. The van der Waals surface area contributed by atoms with Crippen molar-refractivity contribution in [2.75, 3.05) is 52.8 Å². The number of nitrogens with two attached hydrogens (primary N) is 1. The van der Waals surface area contributed by atoms with Gasteiger partial charge in [0.1, 0.15) is 23.9 Å². The van der Waals surface area contributed by atoms with E-state index in [0.29, 0.717) is 54.2 Å². The van der Waals surface area contributed by atoms with Gasteiger partial charge >= 0.3 is 5.97 Å². The van der Waals surface area contributed by atoms with Crippen LogP contribution in [0.15, 0.2) is 40.0 Å². The number of esters is 1. The number of fused-ring (bicyclic) bond motifs is 12. The molecule has 20 atom stereocenters. The molecule has 452 valence electrons. The average molecular weight is 1170 g/mol. The average Bonchev–Trinajstić information content (AvgIpc) is 1.51. The van der Waals surface area contributed by atoms with E-state index in [1.165, 1.54) is 0 Å². The summed E-state index contributed by atoms with van der Waals surface area (Å²) in [4.78, 5) is 17.3. The third kappa shape index (κ3) is 10.5. The molecule has 5 saturated carbocycles. The molecule has 3 aliphatic heterocycles. The number of furan rings is 1. The summed E-state index contributed by atoms with van der Waals surface area (Å²) in [5.41, 5.74) is -0.583. The van der Waals surface area contributed by atoms with Crippen LogP contribution in [0.4, 0.5) is 0 Å². The minimum atomic E-state index is -2.51. The van der Waals surface area contributed by atoms with Crippen LogP contribution in [-0.4, -0.2) is 164 Å². The molecule has 3 spiro atoms. The van der Waals surface area contributed by atoms with Gasteiger partial charge in [0, 0.05) is 66.4 Å². The highest BCUT2D eigenvalue weighted by Gasteiger charge is 2.78. The summed E-state index contributed by atoms with van der Waals surface area (Å²) < 4.78 is 32.8. The normalized spacial score (nSPS) is 44.7. The van der Waals surface area contributed by atoms with Crippen LogP contribution >= 0.6 is 21.6 Å². The van der Waals surface area contributed by atoms with Crippen molar-refractivity contribution in [3.05, 3.63) is 36.1 Å². The first-order valence-corrected chi connectivity index (χ1v) is 33.1. The van der Waals surface area contributed by atoms with Gasteiger partial charge in [0.2, 0.25) is 12.0 Å². The molecule has 4 heterocycles. The summed E-state index contributed by atoms with van der Waals surface area (Å²) >= 11 is 0. The van der Waals surface area contributed by atoms with Gasteiger partial charge in [0.05, 0.1) is 30.7 Å². The van der Waals surface area contributed by atoms with E-state index in [9.17, 15) is 40.5 Å². The Morgan fingerprint density at radius 2 is 1.83 bits per heavy atom. The maximum Gasteiger partial charge on any atom is 0.306 e. The van der Waals surface area contributed by atoms with Gasteiger partial charge in [-0.05, 0) is 182 Å². The number of benzene rings is 1. The number of aliphatic hydroxyl groups excluding tert-OH is 4. The predicted octanol–water partition coefficient (Wildman–Crippen LogP) is 5.48. The van der Waals surface area contributed by atoms with Gasteiger partial charge in [-0.3, -0.25) is 9.79 Å². The van der Waals surface area contributed by atoms with Crippen LogP contribution in [0.25, 0.3) is 11.0 Å². The Bertz CT molecular complexity index is 2610. The molecule has 81 heavy (non-hydrogen) atoms. The first kappa shape index (κ1) is 59.9. The Balaban J connectivity index is 1.08. The van der Waals surface area contributed by atoms with E-state index in [1.807, 2.05) is 30.0 Å². The van der Waals surface area contributed by atoms with Gasteiger partial charge in [-0.2, -0.15) is 0 Å². The quantitative estimate of drug-likeness (QED) is 0.0487. The minimum absolute atomic E-state index is 0.00678. The molecule has 0 radical (unpaired) electrons. The van der Waals surface area contributed by atoms with Crippen LogP contribution in [0.1, 0.15) is 135 Å². The summed E-state index contributed by atoms with van der Waals surface area (Å²) in [5, 5.41) is 102. The lowest BCUT2D eigenvalue weighted by Gasteiger charge is -2.67. The van der Waals surface area contributed by atoms with E-state index in [1.54, 1.807) is 43.2 Å². The van der Waals surface area contributed by atoms with Gasteiger partial charge in [-0.15, -0.1) is 0 Å². The van der Waals surface area contributed by atoms with E-state index < -0.39 is 82.1 Å². The monoisotopic (exact) mass is 1170 g/mol. The lowest BCUT2D eigenvalue weighted by molar-refractivity contribution is -0.424. The second-order valence-electron chi connectivity index (χ2n) is 26.5. The maximum absolute atomic E-state index is 13.9. The van der Waals surface area contributed by atoms with E-state index in [0.717, 1.165) is 83.6 Å². The van der Waals surface area contributed by atoms with Crippen LogP contribution in [0, 0.1) is 52.8 Å². The molecule has 2 saturated heterocycles. The van der Waals surface area contributed by atoms with E-state index in [-0.39, 0.29) is 97.3 Å². The predicted molar refractivity (Wildman–Crippen MR) is 311 cm³/mol. The van der Waals surface area contributed by atoms with Crippen molar-refractivity contribution in [2.24, 2.45) is 63.5 Å². The minimum Gasteiger partial charge on any atom is -0.485 e. The van der Waals surface area contributed by atoms with Crippen molar-refractivity contribution in [1.29, 1.82) is 0 Å². The second kappa shape index (κ2) is 23.8. The number of aliphatic hydroxyl groups is 7. The lowest BCUT2D eigenvalue weighted by atomic mass is 9.50. The molecule has 20 unspecified atom stereocenters. The molecule has 20 heteroatoms. The Morgan fingerprint density at radius 3 is 2.62 bits per heavy atom. The summed E-state index contributed by atoms with van der Waals surface area (Å²) in [6.07, 6.45) is 11.9. The van der Waals surface area contributed by atoms with Gasteiger partial charge in [-0.1, -0.05) is 53.5 Å². The van der Waals surface area contributed by atoms with Crippen LogP contribution in [0.2, 0.25) is 0 Å². The lowest BCUT2D eigenvalue weighted by Crippen LogP contribution is -2.86. The Hall–Kier alpha value is -2.86. The number of hydrogen-bond acceptors (Lipinski definition) is 18. The zero-order chi connectivity index (χ0) is 57.1. The van der Waals surface area contributed by atoms with Gasteiger partial charge in [0.15, 0.2) is 22.9 Å². The molecule has 11 rings (SSSR count). The SMILES string of the molecule is CCOC(=O)CCc1cc2ccoc2c2c1OC1OC3(CSSC4(CCC5(CCC(CNC)C5)C4C4CCC5CC(NC(N)=NC)CCC5(O)C4)C(CCC(C)CCCC3O)NCCO2)C2(O)CC3C=CC(O)C(CO)C3C1(O)C2O. The molecule has 18 nitrogen and oxygen atoms in total. The van der Waals surface area contributed by atoms with Crippen molar-refractivity contribution in [3.63, 3.8) is 0 Å². The Kier molecular flexibility index (Phi) is 17.6. The third-order valence-corrected chi connectivity index (χ3v) is 25.5. The van der Waals surface area contributed by atoms with Crippen molar-refractivity contribution in [3.8, 4) is 11.5 Å². The van der Waals surface area contributed by atoms with E-state index in [2.05, 4.69) is 27.9 Å². The number of hydrogen-bond donors (Lipinski definition) is 11. The third-order valence-electron chi connectivity index (χ3n) is 22.1. The maximum atomic E-state index is 13.9. The fourth-order valence-electron chi connectivity index (χ4n) is 18.4. The number of guanidine groups is 1. The molecule has 9 aliphatic rings. The fraction of sp³-hybridized carbons (Fsp3) is 0.803. The highest BCUT2D eigenvalue weighted by Crippen LogP contribution is 2.71. The molecule has 12 N–H and O–H groups in total. The number of ether oxygens (including phenoxy) is 4. The van der Waals surface area contributed by atoms with Crippen molar-refractivity contribution in [2.45, 2.75) is 200 Å². The zero-order valence-corrected chi connectivity index (χ0v) is 49.7. The summed E-state index contributed by atoms with van der Waals surface area (Å²) in [6, 6.07) is 3.75. The van der Waals surface area contributed by atoms with Crippen LogP contribution < -0.4 is 31.2 Å². The molecule has 1 aromatic heterocycles. The summed E-state index contributed by atoms with van der Waals surface area (Å²) in [6.45, 7) is 5.21. The van der Waals surface area contributed by atoms with E-state index >= 15 is 0 Å². The molecular weight excluding hydrogens is 1070 g/mol. The molecule has 0 amide bonds. The molecule has 6 aliphatic carbocycles. The number of carbonyl (C=O) groups excluding carboxylic acids is 1. The second-order valence-corrected chi connectivity index (χ2v) is 29.1. The highest BCUT2D eigenvalue weighted by molar-refractivity contribution is 8.77. The number of aliphatic imine (C=N–C) groups is 1. The number of aryl methyl sites for hydroxylation is 1. The Labute approximate surface area is 485 Å². The molecule has 1 aromatic carbocycles. The first-order valence-electron chi connectivity index (χ1n) is 30.7. The van der Waals surface area contributed by atoms with Crippen LogP contribution in [0.3, 0.4) is 0 Å². The number of nitrogens with zero attached hydrogens (tertiary/aromatic N) is 1. The summed E-state index contributed by atoms with van der Waals surface area (Å²) in [7, 11) is 7.16. The first-order chi connectivity index (χ1) is 38.9. The largest absolute Gasteiger partial charge is 0.485 e. The smallest absolute Gasteiger partial charge is 0.306 e. The number of carbonyl (C=O) groups is 1. The van der Waals surface area contributed by atoms with Crippen LogP contribution in [0.5, 0.6) is 11.5 Å². The van der Waals surface area contributed by atoms with Gasteiger partial charge in [0.25, 0.3) is 0 Å². The van der Waals surface area contributed by atoms with Gasteiger partial charge in [-0.25, -0.2) is 0 Å². The van der Waals surface area contributed by atoms with Crippen molar-refractivity contribution >= 4 is 44.5 Å². The number of allylic oxidation sites excluding steroid dienone is 1. The standard InChI is InChI=1S/C61H93N5O13S2/c1-5-75-47(70)16-12-37-27-38-19-25-76-49(38)51-50(37)78-54-61(74)48-39(11-14-44(68)43(48)33-67)31-59(73,53(61)71)60(79-54)34-80-81-58(45(65-24-26-77-51)15-9-35(2)7-6-8-46(60)69)23-22-56(20-17-36(29-56)32-63-3)52(58)40-10-13-41-28-42(66-55(62)64-4)18-21-57(41,72)30-40/h11,14,19,25,27,35-36,39-46,48,52-54,63,65,67-69,71-74H,5-10,12-13,15-18,20-24,26,28-34H2,1-4H3,(H3,62,64,66). The van der Waals surface area contributed by atoms with Crippen molar-refractivity contribution in [1.82, 2.24) is 16.0 Å². The Morgan fingerprint density at radius 1 is 0.988 bits per heavy atom.